The minimum Gasteiger partial charge on any atom is -0.339 e. The fraction of sp³-hybridized carbons (Fsp3) is 0.241. The van der Waals surface area contributed by atoms with Crippen LogP contribution in [0.15, 0.2) is 84.9 Å². The Morgan fingerprint density at radius 3 is 2.26 bits per heavy atom. The van der Waals surface area contributed by atoms with Gasteiger partial charge in [-0.3, -0.25) is 9.59 Å². The van der Waals surface area contributed by atoms with Gasteiger partial charge in [0.05, 0.1) is 11.4 Å². The first-order valence-corrected chi connectivity index (χ1v) is 12.0. The van der Waals surface area contributed by atoms with Gasteiger partial charge in [-0.1, -0.05) is 60.7 Å². The Labute approximate surface area is 200 Å². The Hall–Kier alpha value is -3.86. The van der Waals surface area contributed by atoms with Crippen LogP contribution in [0.4, 0.5) is 17.1 Å². The third-order valence-corrected chi connectivity index (χ3v) is 6.74. The molecule has 1 fully saturated rings. The van der Waals surface area contributed by atoms with Gasteiger partial charge in [-0.25, -0.2) is 0 Å². The Morgan fingerprint density at radius 2 is 1.47 bits per heavy atom. The summed E-state index contributed by atoms with van der Waals surface area (Å²) in [4.78, 5) is 29.8. The molecule has 34 heavy (non-hydrogen) atoms. The van der Waals surface area contributed by atoms with Crippen molar-refractivity contribution < 1.29 is 9.59 Å². The van der Waals surface area contributed by atoms with Crippen molar-refractivity contribution in [2.24, 2.45) is 5.92 Å². The fourth-order valence-corrected chi connectivity index (χ4v) is 4.84. The van der Waals surface area contributed by atoms with E-state index in [0.717, 1.165) is 29.9 Å². The van der Waals surface area contributed by atoms with Crippen molar-refractivity contribution in [2.75, 3.05) is 29.9 Å². The normalized spacial score (nSPS) is 16.0. The molecule has 0 unspecified atom stereocenters. The van der Waals surface area contributed by atoms with E-state index in [0.29, 0.717) is 25.9 Å². The lowest BCUT2D eigenvalue weighted by Gasteiger charge is -2.31. The van der Waals surface area contributed by atoms with Gasteiger partial charge in [-0.15, -0.1) is 0 Å². The summed E-state index contributed by atoms with van der Waals surface area (Å²) in [5.74, 6) is -0.0614. The molecule has 5 heteroatoms. The van der Waals surface area contributed by atoms with E-state index in [1.165, 1.54) is 11.3 Å². The highest BCUT2D eigenvalue weighted by Gasteiger charge is 2.28. The molecule has 0 aromatic heterocycles. The standard InChI is InChI=1S/C29H29N3O2/c33-28(15-14-22-8-2-1-3-9-22)31-19-16-24(17-20-31)29(34)30-25-11-5-7-13-27(25)32-21-18-23-10-4-6-12-26(23)32/h1-15,24H,16-21H2,(H,30,34). The van der Waals surface area contributed by atoms with Crippen molar-refractivity contribution >= 4 is 35.0 Å². The highest BCUT2D eigenvalue weighted by molar-refractivity contribution is 5.97. The summed E-state index contributed by atoms with van der Waals surface area (Å²) >= 11 is 0. The maximum absolute atomic E-state index is 13.1. The van der Waals surface area contributed by atoms with E-state index in [4.69, 9.17) is 0 Å². The predicted octanol–water partition coefficient (Wildman–Crippen LogP) is 5.27. The summed E-state index contributed by atoms with van der Waals surface area (Å²) in [5.41, 5.74) is 5.42. The number of piperidine rings is 1. The molecular formula is C29H29N3O2. The monoisotopic (exact) mass is 451 g/mol. The van der Waals surface area contributed by atoms with Gasteiger partial charge < -0.3 is 15.1 Å². The third kappa shape index (κ3) is 4.74. The number of likely N-dealkylation sites (tertiary alicyclic amines) is 1. The fourth-order valence-electron chi connectivity index (χ4n) is 4.84. The number of fused-ring (bicyclic) bond motifs is 1. The van der Waals surface area contributed by atoms with Crippen LogP contribution in [0.3, 0.4) is 0 Å². The van der Waals surface area contributed by atoms with Crippen LogP contribution in [0.5, 0.6) is 0 Å². The minimum atomic E-state index is -0.0962. The first-order chi connectivity index (χ1) is 16.7. The van der Waals surface area contributed by atoms with E-state index in [2.05, 4.69) is 40.5 Å². The number of para-hydroxylation sites is 3. The number of benzene rings is 3. The number of hydrogen-bond acceptors (Lipinski definition) is 3. The molecule has 5 rings (SSSR count). The lowest BCUT2D eigenvalue weighted by molar-refractivity contribution is -0.130. The molecule has 1 saturated heterocycles. The van der Waals surface area contributed by atoms with Gasteiger partial charge in [0.15, 0.2) is 0 Å². The molecule has 3 aromatic rings. The van der Waals surface area contributed by atoms with Crippen molar-refractivity contribution in [1.29, 1.82) is 0 Å². The molecular weight excluding hydrogens is 422 g/mol. The van der Waals surface area contributed by atoms with E-state index in [1.54, 1.807) is 6.08 Å². The van der Waals surface area contributed by atoms with Crippen LogP contribution in [-0.4, -0.2) is 36.3 Å². The first kappa shape index (κ1) is 22.0. The Kier molecular flexibility index (Phi) is 6.43. The lowest BCUT2D eigenvalue weighted by atomic mass is 9.95. The average molecular weight is 452 g/mol. The number of amides is 2. The number of nitrogens with one attached hydrogen (secondary N) is 1. The summed E-state index contributed by atoms with van der Waals surface area (Å²) in [6, 6.07) is 26.3. The second-order valence-corrected chi connectivity index (χ2v) is 8.88. The molecule has 0 bridgehead atoms. The van der Waals surface area contributed by atoms with Gasteiger partial charge >= 0.3 is 0 Å². The van der Waals surface area contributed by atoms with Gasteiger partial charge in [0, 0.05) is 37.3 Å². The predicted molar refractivity (Wildman–Crippen MR) is 137 cm³/mol. The number of carbonyl (C=O) groups is 2. The van der Waals surface area contributed by atoms with Crippen molar-refractivity contribution in [2.45, 2.75) is 19.3 Å². The number of hydrogen-bond donors (Lipinski definition) is 1. The van der Waals surface area contributed by atoms with Crippen LogP contribution in [0.1, 0.15) is 24.0 Å². The smallest absolute Gasteiger partial charge is 0.246 e. The van der Waals surface area contributed by atoms with Crippen molar-refractivity contribution in [3.8, 4) is 0 Å². The van der Waals surface area contributed by atoms with E-state index in [-0.39, 0.29) is 17.7 Å². The first-order valence-electron chi connectivity index (χ1n) is 12.0. The molecule has 5 nitrogen and oxygen atoms in total. The Balaban J connectivity index is 1.20. The van der Waals surface area contributed by atoms with Crippen LogP contribution >= 0.6 is 0 Å². The van der Waals surface area contributed by atoms with Gasteiger partial charge in [-0.2, -0.15) is 0 Å². The zero-order valence-electron chi connectivity index (χ0n) is 19.2. The zero-order chi connectivity index (χ0) is 23.3. The summed E-state index contributed by atoms with van der Waals surface area (Å²) in [5, 5.41) is 3.18. The van der Waals surface area contributed by atoms with Crippen molar-refractivity contribution in [3.05, 3.63) is 96.1 Å². The summed E-state index contributed by atoms with van der Waals surface area (Å²) < 4.78 is 0. The van der Waals surface area contributed by atoms with Gasteiger partial charge in [-0.05, 0) is 54.7 Å². The molecule has 0 saturated carbocycles. The zero-order valence-corrected chi connectivity index (χ0v) is 19.2. The Bertz CT molecular complexity index is 1200. The third-order valence-electron chi connectivity index (χ3n) is 6.74. The van der Waals surface area contributed by atoms with Gasteiger partial charge in [0.25, 0.3) is 0 Å². The number of carbonyl (C=O) groups excluding carboxylic acids is 2. The van der Waals surface area contributed by atoms with Crippen LogP contribution in [-0.2, 0) is 16.0 Å². The summed E-state index contributed by atoms with van der Waals surface area (Å²) in [6.45, 7) is 2.09. The second kappa shape index (κ2) is 9.96. The van der Waals surface area contributed by atoms with Crippen LogP contribution in [0.2, 0.25) is 0 Å². The molecule has 0 spiro atoms. The molecule has 172 valence electrons. The molecule has 2 aliphatic rings. The Morgan fingerprint density at radius 1 is 0.794 bits per heavy atom. The van der Waals surface area contributed by atoms with E-state index >= 15 is 0 Å². The molecule has 2 aliphatic heterocycles. The maximum Gasteiger partial charge on any atom is 0.246 e. The lowest BCUT2D eigenvalue weighted by Crippen LogP contribution is -2.40. The molecule has 1 N–H and O–H groups in total. The largest absolute Gasteiger partial charge is 0.339 e. The highest BCUT2D eigenvalue weighted by Crippen LogP contribution is 2.38. The molecule has 2 amide bonds. The number of rotatable bonds is 5. The molecule has 0 aliphatic carbocycles. The van der Waals surface area contributed by atoms with Gasteiger partial charge in [0.2, 0.25) is 11.8 Å². The van der Waals surface area contributed by atoms with Crippen molar-refractivity contribution in [3.63, 3.8) is 0 Å². The molecule has 0 atom stereocenters. The number of anilines is 3. The van der Waals surface area contributed by atoms with Crippen molar-refractivity contribution in [1.82, 2.24) is 4.90 Å². The van der Waals surface area contributed by atoms with Crippen LogP contribution in [0.25, 0.3) is 6.08 Å². The SMILES string of the molecule is O=C(Nc1ccccc1N1CCc2ccccc21)C1CCN(C(=O)C=Cc2ccccc2)CC1. The van der Waals surface area contributed by atoms with Crippen LogP contribution < -0.4 is 10.2 Å². The minimum absolute atomic E-state index is 0.000700. The van der Waals surface area contributed by atoms with E-state index < -0.39 is 0 Å². The second-order valence-electron chi connectivity index (χ2n) is 8.88. The summed E-state index contributed by atoms with van der Waals surface area (Å²) in [7, 11) is 0. The van der Waals surface area contributed by atoms with E-state index in [9.17, 15) is 9.59 Å². The van der Waals surface area contributed by atoms with E-state index in [1.807, 2.05) is 59.5 Å². The topological polar surface area (TPSA) is 52.7 Å². The number of nitrogens with zero attached hydrogens (tertiary/aromatic N) is 2. The molecule has 3 aromatic carbocycles. The van der Waals surface area contributed by atoms with Crippen LogP contribution in [0, 0.1) is 5.92 Å². The average Bonchev–Trinajstić information content (AvgIpc) is 3.32. The highest BCUT2D eigenvalue weighted by atomic mass is 16.2. The molecule has 0 radical (unpaired) electrons. The summed E-state index contributed by atoms with van der Waals surface area (Å²) in [6.07, 6.45) is 5.81. The quantitative estimate of drug-likeness (QED) is 0.538. The maximum atomic E-state index is 13.1. The molecule has 2 heterocycles. The van der Waals surface area contributed by atoms with Gasteiger partial charge in [0.1, 0.15) is 0 Å².